The molecule has 0 heterocycles. The van der Waals surface area contributed by atoms with E-state index in [9.17, 15) is 19.8 Å². The maximum absolute atomic E-state index is 12.0. The Morgan fingerprint density at radius 1 is 1.07 bits per heavy atom. The molecule has 0 bridgehead atoms. The van der Waals surface area contributed by atoms with Gasteiger partial charge in [-0.1, -0.05) is 72.8 Å². The van der Waals surface area contributed by atoms with Crippen molar-refractivity contribution in [1.29, 1.82) is 0 Å². The van der Waals surface area contributed by atoms with Gasteiger partial charge in [-0.3, -0.25) is 0 Å². The van der Waals surface area contributed by atoms with Gasteiger partial charge < -0.3 is 20.3 Å². The number of carboxylic acid groups (broad SMARTS) is 1. The largest absolute Gasteiger partial charge is 0.480 e. The highest BCUT2D eigenvalue weighted by atomic mass is 16.5. The van der Waals surface area contributed by atoms with E-state index < -0.39 is 23.7 Å². The molecule has 0 aromatic heterocycles. The summed E-state index contributed by atoms with van der Waals surface area (Å²) in [6, 6.07) is 17.3. The van der Waals surface area contributed by atoms with Gasteiger partial charge in [-0.2, -0.15) is 0 Å². The van der Waals surface area contributed by atoms with Crippen LogP contribution in [0.2, 0.25) is 0 Å². The number of nitrogens with one attached hydrogen (secondary N) is 1. The van der Waals surface area contributed by atoms with Crippen LogP contribution in [0.3, 0.4) is 0 Å². The second-order valence-electron chi connectivity index (χ2n) is 6.91. The molecule has 1 unspecified atom stereocenters. The number of aliphatic carboxylic acids is 1. The van der Waals surface area contributed by atoms with E-state index in [1.54, 1.807) is 18.2 Å². The molecule has 0 aliphatic heterocycles. The van der Waals surface area contributed by atoms with E-state index in [4.69, 9.17) is 4.74 Å². The van der Waals surface area contributed by atoms with Gasteiger partial charge >= 0.3 is 12.1 Å². The molecule has 1 aliphatic carbocycles. The molecule has 2 atom stereocenters. The second kappa shape index (κ2) is 9.21. The first-order chi connectivity index (χ1) is 14.0. The number of alkyl carbamates (subject to hydrolysis) is 1. The number of hydrogen-bond donors (Lipinski definition) is 3. The number of ether oxygens (including phenoxy) is 1. The number of carboxylic acids is 1. The molecular weight excluding hydrogens is 370 g/mol. The van der Waals surface area contributed by atoms with Crippen molar-refractivity contribution in [2.75, 3.05) is 0 Å². The Labute approximate surface area is 169 Å². The molecule has 2 aromatic rings. The molecule has 0 radical (unpaired) electrons. The van der Waals surface area contributed by atoms with Crippen LogP contribution in [0, 0.1) is 0 Å². The van der Waals surface area contributed by atoms with Gasteiger partial charge in [-0.15, -0.1) is 0 Å². The van der Waals surface area contributed by atoms with Crippen LogP contribution in [0.5, 0.6) is 0 Å². The maximum Gasteiger partial charge on any atom is 0.408 e. The summed E-state index contributed by atoms with van der Waals surface area (Å²) in [5.41, 5.74) is 1.18. The summed E-state index contributed by atoms with van der Waals surface area (Å²) >= 11 is 0. The Hall–Kier alpha value is -3.38. The minimum absolute atomic E-state index is 0.0612. The summed E-state index contributed by atoms with van der Waals surface area (Å²) in [4.78, 5) is 23.5. The van der Waals surface area contributed by atoms with Crippen molar-refractivity contribution in [3.05, 3.63) is 95.6 Å². The van der Waals surface area contributed by atoms with E-state index >= 15 is 0 Å². The molecular formula is C23H23NO5. The van der Waals surface area contributed by atoms with Gasteiger partial charge in [-0.05, 0) is 22.8 Å². The lowest BCUT2D eigenvalue weighted by Gasteiger charge is -2.27. The Morgan fingerprint density at radius 2 is 1.72 bits per heavy atom. The number of rotatable bonds is 7. The van der Waals surface area contributed by atoms with E-state index in [0.717, 1.165) is 16.7 Å². The maximum atomic E-state index is 12.0. The zero-order chi connectivity index (χ0) is 20.7. The van der Waals surface area contributed by atoms with Crippen LogP contribution in [-0.2, 0) is 21.7 Å². The number of aliphatic hydroxyl groups is 1. The minimum Gasteiger partial charge on any atom is -0.480 e. The molecule has 150 valence electrons. The first kappa shape index (κ1) is 20.4. The van der Waals surface area contributed by atoms with E-state index in [0.29, 0.717) is 6.42 Å². The summed E-state index contributed by atoms with van der Waals surface area (Å²) in [7, 11) is 0. The summed E-state index contributed by atoms with van der Waals surface area (Å²) in [6.45, 7) is 0.0612. The van der Waals surface area contributed by atoms with Crippen LogP contribution < -0.4 is 5.32 Å². The van der Waals surface area contributed by atoms with E-state index in [1.165, 1.54) is 0 Å². The van der Waals surface area contributed by atoms with Crippen LogP contribution in [0.1, 0.15) is 24.0 Å². The smallest absolute Gasteiger partial charge is 0.408 e. The summed E-state index contributed by atoms with van der Waals surface area (Å²) in [6.07, 6.45) is 4.78. The van der Waals surface area contributed by atoms with Gasteiger partial charge in [0.15, 0.2) is 0 Å². The summed E-state index contributed by atoms with van der Waals surface area (Å²) in [5, 5.41) is 22.6. The number of allylic oxidation sites excluding steroid dienone is 1. The van der Waals surface area contributed by atoms with E-state index in [2.05, 4.69) is 5.32 Å². The molecule has 0 saturated carbocycles. The van der Waals surface area contributed by atoms with Crippen molar-refractivity contribution in [3.63, 3.8) is 0 Å². The molecule has 0 fully saturated rings. The van der Waals surface area contributed by atoms with Crippen molar-refractivity contribution in [2.24, 2.45) is 0 Å². The first-order valence-electron chi connectivity index (χ1n) is 9.32. The highest BCUT2D eigenvalue weighted by molar-refractivity contribution is 5.80. The number of carbonyl (C=O) groups excluding carboxylic acids is 1. The number of amides is 1. The van der Waals surface area contributed by atoms with Gasteiger partial charge in [0.2, 0.25) is 0 Å². The van der Waals surface area contributed by atoms with Crippen LogP contribution in [0.25, 0.3) is 0 Å². The monoisotopic (exact) mass is 393 g/mol. The fourth-order valence-electron chi connectivity index (χ4n) is 3.10. The molecule has 1 aliphatic rings. The third-order valence-corrected chi connectivity index (χ3v) is 4.77. The average molecular weight is 393 g/mol. The first-order valence-corrected chi connectivity index (χ1v) is 9.32. The lowest BCUT2D eigenvalue weighted by atomic mass is 9.84. The topological polar surface area (TPSA) is 95.9 Å². The average Bonchev–Trinajstić information content (AvgIpc) is 2.75. The lowest BCUT2D eigenvalue weighted by molar-refractivity contribution is -0.139. The molecule has 1 amide bonds. The van der Waals surface area contributed by atoms with Crippen LogP contribution >= 0.6 is 0 Å². The van der Waals surface area contributed by atoms with Crippen LogP contribution in [-0.4, -0.2) is 28.3 Å². The zero-order valence-electron chi connectivity index (χ0n) is 15.8. The molecule has 6 heteroatoms. The zero-order valence-corrected chi connectivity index (χ0v) is 15.8. The van der Waals surface area contributed by atoms with Crippen LogP contribution in [0.15, 0.2) is 84.5 Å². The fourth-order valence-corrected chi connectivity index (χ4v) is 3.10. The number of hydrogen-bond acceptors (Lipinski definition) is 4. The Morgan fingerprint density at radius 3 is 2.31 bits per heavy atom. The van der Waals surface area contributed by atoms with Gasteiger partial charge in [0.25, 0.3) is 0 Å². The van der Waals surface area contributed by atoms with Crippen molar-refractivity contribution >= 4 is 12.1 Å². The molecule has 2 aromatic carbocycles. The SMILES string of the molecule is O=C(N[C@@H](CC1=CCC(O)(c2ccccc2)C=C1)C(=O)O)OCc1ccccc1. The predicted octanol–water partition coefficient (Wildman–Crippen LogP) is 3.53. The van der Waals surface area contributed by atoms with Crippen molar-refractivity contribution in [2.45, 2.75) is 31.1 Å². The molecule has 29 heavy (non-hydrogen) atoms. The summed E-state index contributed by atoms with van der Waals surface area (Å²) in [5.74, 6) is -1.15. The lowest BCUT2D eigenvalue weighted by Crippen LogP contribution is -2.41. The van der Waals surface area contributed by atoms with Crippen molar-refractivity contribution in [1.82, 2.24) is 5.32 Å². The van der Waals surface area contributed by atoms with Crippen molar-refractivity contribution in [3.8, 4) is 0 Å². The quantitative estimate of drug-likeness (QED) is 0.669. The Bertz CT molecular complexity index is 907. The highest BCUT2D eigenvalue weighted by Crippen LogP contribution is 2.32. The predicted molar refractivity (Wildman–Crippen MR) is 108 cm³/mol. The molecule has 0 saturated heterocycles. The normalized spacial score (nSPS) is 19.1. The molecule has 3 N–H and O–H groups in total. The Kier molecular flexibility index (Phi) is 6.46. The fraction of sp³-hybridized carbons (Fsp3) is 0.217. The van der Waals surface area contributed by atoms with Crippen LogP contribution in [0.4, 0.5) is 4.79 Å². The second-order valence-corrected chi connectivity index (χ2v) is 6.91. The number of carbonyl (C=O) groups is 2. The molecule has 0 spiro atoms. The highest BCUT2D eigenvalue weighted by Gasteiger charge is 2.29. The van der Waals surface area contributed by atoms with Gasteiger partial charge in [0.05, 0.1) is 0 Å². The van der Waals surface area contributed by atoms with E-state index in [1.807, 2.05) is 60.7 Å². The number of benzene rings is 2. The van der Waals surface area contributed by atoms with Gasteiger partial charge in [0.1, 0.15) is 18.2 Å². The third kappa shape index (κ3) is 5.56. The molecule has 3 rings (SSSR count). The molecule has 6 nitrogen and oxygen atoms in total. The van der Waals surface area contributed by atoms with Crippen molar-refractivity contribution < 1.29 is 24.5 Å². The van der Waals surface area contributed by atoms with Gasteiger partial charge in [0, 0.05) is 12.8 Å². The minimum atomic E-state index is -1.15. The Balaban J connectivity index is 1.56. The standard InChI is InChI=1S/C23H23NO5/c25-21(26)20(24-22(27)29-16-18-7-3-1-4-8-18)15-17-11-13-23(28,14-12-17)19-9-5-2-6-10-19/h1-13,20,28H,14-16H2,(H,24,27)(H,25,26)/t20-,23?/m0/s1. The van der Waals surface area contributed by atoms with E-state index in [-0.39, 0.29) is 13.0 Å². The summed E-state index contributed by atoms with van der Waals surface area (Å²) < 4.78 is 5.10. The van der Waals surface area contributed by atoms with Gasteiger partial charge in [-0.25, -0.2) is 9.59 Å². The third-order valence-electron chi connectivity index (χ3n) is 4.77.